The molecule has 0 fully saturated rings. The lowest BCUT2D eigenvalue weighted by molar-refractivity contribution is 0.0697. The molecule has 0 saturated heterocycles. The maximum absolute atomic E-state index is 11.3. The van der Waals surface area contributed by atoms with E-state index < -0.39 is 5.97 Å². The molecule has 0 saturated carbocycles. The van der Waals surface area contributed by atoms with Crippen molar-refractivity contribution < 1.29 is 9.90 Å². The summed E-state index contributed by atoms with van der Waals surface area (Å²) in [6.07, 6.45) is 0. The molecular weight excluding hydrogens is 202 g/mol. The summed E-state index contributed by atoms with van der Waals surface area (Å²) in [6.45, 7) is 5.95. The zero-order valence-electron chi connectivity index (χ0n) is 9.66. The second kappa shape index (κ2) is 3.67. The van der Waals surface area contributed by atoms with E-state index in [0.29, 0.717) is 5.56 Å². The van der Waals surface area contributed by atoms with Crippen LogP contribution in [0.15, 0.2) is 18.2 Å². The Hall–Kier alpha value is -1.77. The third-order valence-corrected chi connectivity index (χ3v) is 2.77. The number of rotatable bonds is 2. The molecule has 3 nitrogen and oxygen atoms in total. The summed E-state index contributed by atoms with van der Waals surface area (Å²) in [6, 6.07) is 5.83. The molecule has 1 heterocycles. The smallest absolute Gasteiger partial charge is 0.338 e. The van der Waals surface area contributed by atoms with Crippen molar-refractivity contribution in [3.8, 4) is 0 Å². The van der Waals surface area contributed by atoms with Crippen molar-refractivity contribution >= 4 is 16.9 Å². The number of hydrogen-bond donors (Lipinski definition) is 2. The first-order valence-electron chi connectivity index (χ1n) is 5.36. The average Bonchev–Trinajstić information content (AvgIpc) is 2.55. The van der Waals surface area contributed by atoms with Crippen molar-refractivity contribution in [1.82, 2.24) is 4.98 Å². The standard InChI is InChI=1S/C13H15NO2/c1-7(2)12-11(13(15)16)9-6-8(3)4-5-10(9)14-12/h4-7,14H,1-3H3,(H,15,16). The molecule has 0 bridgehead atoms. The SMILES string of the molecule is Cc1ccc2[nH]c(C(C)C)c(C(=O)O)c2c1. The Morgan fingerprint density at radius 2 is 2.06 bits per heavy atom. The van der Waals surface area contributed by atoms with Gasteiger partial charge in [-0.3, -0.25) is 0 Å². The molecule has 0 atom stereocenters. The second-order valence-electron chi connectivity index (χ2n) is 4.42. The van der Waals surface area contributed by atoms with E-state index in [0.717, 1.165) is 22.2 Å². The number of carbonyl (C=O) groups is 1. The maximum atomic E-state index is 11.3. The van der Waals surface area contributed by atoms with Gasteiger partial charge >= 0.3 is 5.97 Å². The zero-order chi connectivity index (χ0) is 11.9. The highest BCUT2D eigenvalue weighted by molar-refractivity contribution is 6.05. The van der Waals surface area contributed by atoms with Crippen LogP contribution < -0.4 is 0 Å². The number of hydrogen-bond acceptors (Lipinski definition) is 1. The van der Waals surface area contributed by atoms with Crippen molar-refractivity contribution in [2.45, 2.75) is 26.7 Å². The Balaban J connectivity index is 2.82. The maximum Gasteiger partial charge on any atom is 0.338 e. The normalized spacial score (nSPS) is 11.2. The zero-order valence-corrected chi connectivity index (χ0v) is 9.66. The molecule has 0 aliphatic carbocycles. The number of H-pyrrole nitrogens is 1. The van der Waals surface area contributed by atoms with E-state index in [-0.39, 0.29) is 5.92 Å². The van der Waals surface area contributed by atoms with E-state index in [1.807, 2.05) is 39.0 Å². The summed E-state index contributed by atoms with van der Waals surface area (Å²) >= 11 is 0. The van der Waals surface area contributed by atoms with Gasteiger partial charge in [0.05, 0.1) is 5.56 Å². The minimum Gasteiger partial charge on any atom is -0.478 e. The van der Waals surface area contributed by atoms with Crippen LogP contribution in [0.4, 0.5) is 0 Å². The molecule has 84 valence electrons. The first-order chi connectivity index (χ1) is 7.50. The lowest BCUT2D eigenvalue weighted by atomic mass is 10.0. The third kappa shape index (κ3) is 1.58. The molecule has 0 aliphatic heterocycles. The molecule has 2 aromatic rings. The lowest BCUT2D eigenvalue weighted by Gasteiger charge is -2.03. The number of nitrogens with one attached hydrogen (secondary N) is 1. The highest BCUT2D eigenvalue weighted by Crippen LogP contribution is 2.28. The fraction of sp³-hybridized carbons (Fsp3) is 0.308. The topological polar surface area (TPSA) is 53.1 Å². The first-order valence-corrected chi connectivity index (χ1v) is 5.36. The van der Waals surface area contributed by atoms with Crippen molar-refractivity contribution in [1.29, 1.82) is 0 Å². The van der Waals surface area contributed by atoms with Gasteiger partial charge in [0, 0.05) is 16.6 Å². The number of aromatic amines is 1. The molecule has 16 heavy (non-hydrogen) atoms. The van der Waals surface area contributed by atoms with Crippen molar-refractivity contribution in [2.75, 3.05) is 0 Å². The first kappa shape index (κ1) is 10.7. The van der Waals surface area contributed by atoms with Crippen LogP contribution in [0.1, 0.15) is 41.4 Å². The Kier molecular flexibility index (Phi) is 2.46. The Morgan fingerprint density at radius 3 is 2.62 bits per heavy atom. The van der Waals surface area contributed by atoms with Crippen LogP contribution in [0.25, 0.3) is 10.9 Å². The van der Waals surface area contributed by atoms with Gasteiger partial charge in [0.2, 0.25) is 0 Å². The summed E-state index contributed by atoms with van der Waals surface area (Å²) in [5.41, 5.74) is 3.18. The molecule has 0 amide bonds. The molecular formula is C13H15NO2. The van der Waals surface area contributed by atoms with Gasteiger partial charge in [0.25, 0.3) is 0 Å². The predicted molar refractivity (Wildman–Crippen MR) is 64.1 cm³/mol. The van der Waals surface area contributed by atoms with E-state index in [1.54, 1.807) is 0 Å². The second-order valence-corrected chi connectivity index (χ2v) is 4.42. The Labute approximate surface area is 94.1 Å². The molecule has 0 spiro atoms. The number of carboxylic acid groups (broad SMARTS) is 1. The number of carboxylic acids is 1. The van der Waals surface area contributed by atoms with E-state index in [9.17, 15) is 9.90 Å². The highest BCUT2D eigenvalue weighted by atomic mass is 16.4. The van der Waals surface area contributed by atoms with Gasteiger partial charge < -0.3 is 10.1 Å². The molecule has 1 aromatic heterocycles. The molecule has 0 unspecified atom stereocenters. The van der Waals surface area contributed by atoms with Gasteiger partial charge in [0.15, 0.2) is 0 Å². The van der Waals surface area contributed by atoms with Crippen LogP contribution in [-0.4, -0.2) is 16.1 Å². The summed E-state index contributed by atoms with van der Waals surface area (Å²) in [5.74, 6) is -0.681. The van der Waals surface area contributed by atoms with Gasteiger partial charge in [-0.2, -0.15) is 0 Å². The molecule has 0 aliphatic rings. The fourth-order valence-corrected chi connectivity index (χ4v) is 1.99. The van der Waals surface area contributed by atoms with Crippen molar-refractivity contribution in [2.24, 2.45) is 0 Å². The van der Waals surface area contributed by atoms with Crippen molar-refractivity contribution in [3.63, 3.8) is 0 Å². The van der Waals surface area contributed by atoms with Gasteiger partial charge in [-0.1, -0.05) is 25.5 Å². The van der Waals surface area contributed by atoms with Crippen LogP contribution in [0, 0.1) is 6.92 Å². The van der Waals surface area contributed by atoms with E-state index in [1.165, 1.54) is 0 Å². The number of aromatic carboxylic acids is 1. The average molecular weight is 217 g/mol. The van der Waals surface area contributed by atoms with Gasteiger partial charge in [0.1, 0.15) is 0 Å². The van der Waals surface area contributed by atoms with E-state index >= 15 is 0 Å². The Bertz CT molecular complexity index is 552. The number of benzene rings is 1. The predicted octanol–water partition coefficient (Wildman–Crippen LogP) is 3.30. The summed E-state index contributed by atoms with van der Waals surface area (Å²) in [4.78, 5) is 14.5. The summed E-state index contributed by atoms with van der Waals surface area (Å²) in [7, 11) is 0. The molecule has 2 N–H and O–H groups in total. The van der Waals surface area contributed by atoms with Gasteiger partial charge in [-0.15, -0.1) is 0 Å². The largest absolute Gasteiger partial charge is 0.478 e. The minimum absolute atomic E-state index is 0.179. The fourth-order valence-electron chi connectivity index (χ4n) is 1.99. The lowest BCUT2D eigenvalue weighted by Crippen LogP contribution is -2.01. The van der Waals surface area contributed by atoms with Crippen LogP contribution in [0.5, 0.6) is 0 Å². The monoisotopic (exact) mass is 217 g/mol. The number of fused-ring (bicyclic) bond motifs is 1. The molecule has 1 aromatic carbocycles. The number of aromatic nitrogens is 1. The van der Waals surface area contributed by atoms with Crippen molar-refractivity contribution in [3.05, 3.63) is 35.0 Å². The van der Waals surface area contributed by atoms with Crippen LogP contribution in [0.2, 0.25) is 0 Å². The quantitative estimate of drug-likeness (QED) is 0.810. The van der Waals surface area contributed by atoms with Crippen LogP contribution >= 0.6 is 0 Å². The number of aryl methyl sites for hydroxylation is 1. The third-order valence-electron chi connectivity index (χ3n) is 2.77. The summed E-state index contributed by atoms with van der Waals surface area (Å²) < 4.78 is 0. The molecule has 2 rings (SSSR count). The van der Waals surface area contributed by atoms with E-state index in [4.69, 9.17) is 0 Å². The molecule has 0 radical (unpaired) electrons. The van der Waals surface area contributed by atoms with Gasteiger partial charge in [-0.05, 0) is 25.0 Å². The Morgan fingerprint density at radius 1 is 1.38 bits per heavy atom. The minimum atomic E-state index is -0.861. The van der Waals surface area contributed by atoms with Crippen LogP contribution in [-0.2, 0) is 0 Å². The van der Waals surface area contributed by atoms with Gasteiger partial charge in [-0.25, -0.2) is 4.79 Å². The van der Waals surface area contributed by atoms with Crippen LogP contribution in [0.3, 0.4) is 0 Å². The highest BCUT2D eigenvalue weighted by Gasteiger charge is 2.19. The molecule has 3 heteroatoms. The van der Waals surface area contributed by atoms with E-state index in [2.05, 4.69) is 4.98 Å². The summed E-state index contributed by atoms with van der Waals surface area (Å²) in [5, 5.41) is 10.1.